The Morgan fingerprint density at radius 3 is 2.36 bits per heavy atom. The minimum atomic E-state index is -1.13. The molecule has 0 aliphatic heterocycles. The maximum absolute atomic E-state index is 13.2. The van der Waals surface area contributed by atoms with Crippen LogP contribution in [0.1, 0.15) is 24.5 Å². The molecular formula is C17H18FNO3. The number of aromatic hydroxyl groups is 1. The van der Waals surface area contributed by atoms with E-state index >= 15 is 0 Å². The van der Waals surface area contributed by atoms with Crippen molar-refractivity contribution < 1.29 is 19.4 Å². The first-order valence-corrected chi connectivity index (χ1v) is 7.01. The molecule has 4 nitrogen and oxygen atoms in total. The zero-order chi connectivity index (χ0) is 16.2. The van der Waals surface area contributed by atoms with E-state index < -0.39 is 17.3 Å². The van der Waals surface area contributed by atoms with Crippen LogP contribution in [0.3, 0.4) is 0 Å². The number of nitrogens with one attached hydrogen (secondary N) is 1. The van der Waals surface area contributed by atoms with E-state index in [1.807, 2.05) is 6.92 Å². The number of phenols is 1. The Labute approximate surface area is 128 Å². The lowest BCUT2D eigenvalue weighted by atomic mass is 9.79. The normalized spacial score (nSPS) is 13.5. The molecule has 0 saturated carbocycles. The predicted molar refractivity (Wildman–Crippen MR) is 81.2 cm³/mol. The minimum absolute atomic E-state index is 0.00553. The fourth-order valence-corrected chi connectivity index (χ4v) is 2.71. The highest BCUT2D eigenvalue weighted by Gasteiger charge is 2.38. The summed E-state index contributed by atoms with van der Waals surface area (Å²) < 4.78 is 13.2. The molecule has 0 heterocycles. The van der Waals surface area contributed by atoms with Gasteiger partial charge in [-0.05, 0) is 30.3 Å². The molecule has 3 N–H and O–H groups in total. The number of carbonyl (C=O) groups is 1. The molecule has 0 fully saturated rings. The molecule has 0 aliphatic rings. The highest BCUT2D eigenvalue weighted by Crippen LogP contribution is 2.38. The lowest BCUT2D eigenvalue weighted by molar-refractivity contribution is -0.138. The second-order valence-corrected chi connectivity index (χ2v) is 5.03. The molecule has 2 rings (SSSR count). The molecule has 0 aromatic heterocycles. The van der Waals surface area contributed by atoms with Crippen LogP contribution >= 0.6 is 0 Å². The maximum Gasteiger partial charge on any atom is 0.305 e. The second-order valence-electron chi connectivity index (χ2n) is 5.03. The van der Waals surface area contributed by atoms with Crippen LogP contribution in [0.2, 0.25) is 0 Å². The Balaban J connectivity index is 2.68. The van der Waals surface area contributed by atoms with Gasteiger partial charge in [-0.15, -0.1) is 0 Å². The molecule has 116 valence electrons. The van der Waals surface area contributed by atoms with Gasteiger partial charge < -0.3 is 15.5 Å². The van der Waals surface area contributed by atoms with Crippen LogP contribution in [-0.4, -0.2) is 22.7 Å². The summed E-state index contributed by atoms with van der Waals surface area (Å²) in [6.45, 7) is 2.33. The maximum atomic E-state index is 13.2. The van der Waals surface area contributed by atoms with E-state index in [1.165, 1.54) is 30.3 Å². The van der Waals surface area contributed by atoms with Crippen molar-refractivity contribution in [3.63, 3.8) is 0 Å². The monoisotopic (exact) mass is 303 g/mol. The van der Waals surface area contributed by atoms with E-state index in [4.69, 9.17) is 0 Å². The summed E-state index contributed by atoms with van der Waals surface area (Å²) in [6.07, 6.45) is -0.274. The van der Waals surface area contributed by atoms with Gasteiger partial charge in [0.05, 0.1) is 12.0 Å². The van der Waals surface area contributed by atoms with Crippen molar-refractivity contribution in [1.29, 1.82) is 0 Å². The van der Waals surface area contributed by atoms with E-state index in [0.717, 1.165) is 0 Å². The van der Waals surface area contributed by atoms with Crippen LogP contribution in [0.5, 0.6) is 5.75 Å². The molecule has 0 bridgehead atoms. The topological polar surface area (TPSA) is 69.6 Å². The minimum Gasteiger partial charge on any atom is -0.508 e. The molecule has 22 heavy (non-hydrogen) atoms. The van der Waals surface area contributed by atoms with E-state index in [0.29, 0.717) is 17.7 Å². The number of halogens is 1. The Hall–Kier alpha value is -2.40. The molecule has 2 aromatic rings. The first-order chi connectivity index (χ1) is 10.5. The van der Waals surface area contributed by atoms with Crippen molar-refractivity contribution in [3.8, 4) is 5.75 Å². The number of aliphatic carboxylic acids is 1. The van der Waals surface area contributed by atoms with Gasteiger partial charge >= 0.3 is 5.97 Å². The summed E-state index contributed by atoms with van der Waals surface area (Å²) in [6, 6.07) is 12.2. The summed E-state index contributed by atoms with van der Waals surface area (Å²) in [5.41, 5.74) is -0.0925. The van der Waals surface area contributed by atoms with Crippen LogP contribution in [0, 0.1) is 5.82 Å². The average Bonchev–Trinajstić information content (AvgIpc) is 2.47. The van der Waals surface area contributed by atoms with Crippen LogP contribution in [-0.2, 0) is 10.3 Å². The number of phenolic OH excluding ortho intramolecular Hbond substituents is 1. The molecule has 0 aliphatic carbocycles. The third-order valence-corrected chi connectivity index (χ3v) is 3.60. The van der Waals surface area contributed by atoms with Gasteiger partial charge in [0.2, 0.25) is 0 Å². The van der Waals surface area contributed by atoms with E-state index in [2.05, 4.69) is 5.32 Å². The molecule has 1 unspecified atom stereocenters. The fourth-order valence-electron chi connectivity index (χ4n) is 2.71. The molecule has 1 atom stereocenters. The number of carboxylic acids is 1. The van der Waals surface area contributed by atoms with Gasteiger partial charge in [0.25, 0.3) is 0 Å². The quantitative estimate of drug-likeness (QED) is 0.767. The summed E-state index contributed by atoms with van der Waals surface area (Å²) in [7, 11) is 0. The van der Waals surface area contributed by atoms with Crippen molar-refractivity contribution in [2.24, 2.45) is 0 Å². The molecule has 2 aromatic carbocycles. The van der Waals surface area contributed by atoms with Gasteiger partial charge in [-0.2, -0.15) is 0 Å². The average molecular weight is 303 g/mol. The van der Waals surface area contributed by atoms with Crippen LogP contribution < -0.4 is 5.32 Å². The number of carboxylic acid groups (broad SMARTS) is 1. The number of hydrogen-bond donors (Lipinski definition) is 3. The third kappa shape index (κ3) is 3.09. The van der Waals surface area contributed by atoms with Crippen LogP contribution in [0.15, 0.2) is 48.5 Å². The first-order valence-electron chi connectivity index (χ1n) is 7.01. The fraction of sp³-hybridized carbons (Fsp3) is 0.235. The molecule has 5 heteroatoms. The number of para-hydroxylation sites is 1. The predicted octanol–water partition coefficient (Wildman–Crippen LogP) is 2.86. The zero-order valence-electron chi connectivity index (χ0n) is 12.2. The zero-order valence-corrected chi connectivity index (χ0v) is 12.2. The Morgan fingerprint density at radius 2 is 1.82 bits per heavy atom. The molecule has 0 saturated heterocycles. The van der Waals surface area contributed by atoms with Crippen molar-refractivity contribution in [3.05, 3.63) is 65.5 Å². The van der Waals surface area contributed by atoms with Crippen LogP contribution in [0.25, 0.3) is 0 Å². The first kappa shape index (κ1) is 16.0. The number of hydrogen-bond acceptors (Lipinski definition) is 3. The van der Waals surface area contributed by atoms with Gasteiger partial charge in [-0.25, -0.2) is 4.39 Å². The highest BCUT2D eigenvalue weighted by atomic mass is 19.1. The van der Waals surface area contributed by atoms with Crippen molar-refractivity contribution in [1.82, 2.24) is 5.32 Å². The smallest absolute Gasteiger partial charge is 0.305 e. The van der Waals surface area contributed by atoms with Gasteiger partial charge in [0.15, 0.2) is 0 Å². The van der Waals surface area contributed by atoms with Gasteiger partial charge in [-0.1, -0.05) is 37.3 Å². The summed E-state index contributed by atoms with van der Waals surface area (Å²) >= 11 is 0. The summed E-state index contributed by atoms with van der Waals surface area (Å²) in [5.74, 6) is -1.43. The highest BCUT2D eigenvalue weighted by molar-refractivity contribution is 5.71. The second kappa shape index (κ2) is 6.58. The lowest BCUT2D eigenvalue weighted by Crippen LogP contribution is -2.45. The third-order valence-electron chi connectivity index (χ3n) is 3.60. The van der Waals surface area contributed by atoms with Crippen molar-refractivity contribution >= 4 is 5.97 Å². The van der Waals surface area contributed by atoms with E-state index in [9.17, 15) is 19.4 Å². The standard InChI is InChI=1S/C17H18FNO3/c1-2-19-17(11-16(21)22,12-7-9-13(18)10-8-12)14-5-3-4-6-15(14)20/h3-10,19-20H,2,11H2,1H3,(H,21,22). The van der Waals surface area contributed by atoms with Gasteiger partial charge in [0.1, 0.15) is 11.6 Å². The largest absolute Gasteiger partial charge is 0.508 e. The summed E-state index contributed by atoms with van der Waals surface area (Å²) in [5, 5.41) is 22.7. The molecule has 0 radical (unpaired) electrons. The molecule has 0 amide bonds. The van der Waals surface area contributed by atoms with Gasteiger partial charge in [0, 0.05) is 5.56 Å². The Kier molecular flexibility index (Phi) is 4.78. The van der Waals surface area contributed by atoms with E-state index in [1.54, 1.807) is 18.2 Å². The SMILES string of the molecule is CCNC(CC(=O)O)(c1ccc(F)cc1)c1ccccc1O. The molecular weight excluding hydrogens is 285 g/mol. The number of rotatable bonds is 6. The summed E-state index contributed by atoms with van der Waals surface area (Å²) in [4.78, 5) is 11.4. The Bertz CT molecular complexity index is 657. The molecule has 0 spiro atoms. The van der Waals surface area contributed by atoms with Crippen molar-refractivity contribution in [2.45, 2.75) is 18.9 Å². The number of benzene rings is 2. The Morgan fingerprint density at radius 1 is 1.18 bits per heavy atom. The van der Waals surface area contributed by atoms with Crippen molar-refractivity contribution in [2.75, 3.05) is 6.54 Å². The van der Waals surface area contributed by atoms with E-state index in [-0.39, 0.29) is 12.2 Å². The van der Waals surface area contributed by atoms with Crippen LogP contribution in [0.4, 0.5) is 4.39 Å². The van der Waals surface area contributed by atoms with Gasteiger partial charge in [-0.3, -0.25) is 4.79 Å². The lowest BCUT2D eigenvalue weighted by Gasteiger charge is -2.35.